The molecule has 4 atom stereocenters. The lowest BCUT2D eigenvalue weighted by atomic mass is 10.1. The van der Waals surface area contributed by atoms with Crippen molar-refractivity contribution in [3.05, 3.63) is 50.6 Å². The maximum absolute atomic E-state index is 3.96. The Labute approximate surface area is 173 Å². The summed E-state index contributed by atoms with van der Waals surface area (Å²) in [6.45, 7) is 18.2. The van der Waals surface area contributed by atoms with Crippen LogP contribution in [-0.4, -0.2) is 47.1 Å². The van der Waals surface area contributed by atoms with Crippen LogP contribution in [0, 0.1) is 0 Å². The molecule has 0 spiro atoms. The fourth-order valence-electron chi connectivity index (χ4n) is 4.77. The third-order valence-electron chi connectivity index (χ3n) is 5.91. The quantitative estimate of drug-likeness (QED) is 0.404. The Morgan fingerprint density at radius 2 is 0.769 bits per heavy atom. The minimum absolute atomic E-state index is 0. The molecule has 0 bridgehead atoms. The number of hydrogen-bond acceptors (Lipinski definition) is 2. The van der Waals surface area contributed by atoms with Crippen molar-refractivity contribution in [1.82, 2.24) is 9.80 Å². The van der Waals surface area contributed by atoms with Crippen molar-refractivity contribution in [1.29, 1.82) is 0 Å². The molecule has 4 heteroatoms. The van der Waals surface area contributed by atoms with Gasteiger partial charge in [-0.2, -0.15) is 0 Å². The van der Waals surface area contributed by atoms with Crippen LogP contribution in [-0.2, 0) is 0 Å². The first-order chi connectivity index (χ1) is 11.7. The molecule has 0 aromatic heterocycles. The van der Waals surface area contributed by atoms with Gasteiger partial charge in [0.2, 0.25) is 0 Å². The van der Waals surface area contributed by atoms with E-state index in [1.54, 1.807) is 0 Å². The Morgan fingerprint density at radius 1 is 0.538 bits per heavy atom. The van der Waals surface area contributed by atoms with Gasteiger partial charge in [0.1, 0.15) is 0 Å². The lowest BCUT2D eigenvalue weighted by molar-refractivity contribution is 0.128. The molecule has 0 aromatic rings. The highest BCUT2D eigenvalue weighted by atomic mass is 35.5. The van der Waals surface area contributed by atoms with E-state index in [0.29, 0.717) is 24.2 Å². The van der Waals surface area contributed by atoms with Gasteiger partial charge < -0.3 is 0 Å². The van der Waals surface area contributed by atoms with Gasteiger partial charge in [-0.25, -0.2) is 0 Å². The average molecular weight is 401 g/mol. The van der Waals surface area contributed by atoms with E-state index >= 15 is 0 Å². The highest BCUT2D eigenvalue weighted by Crippen LogP contribution is 2.31. The summed E-state index contributed by atoms with van der Waals surface area (Å²) in [7, 11) is 0. The fourth-order valence-corrected chi connectivity index (χ4v) is 4.77. The van der Waals surface area contributed by atoms with E-state index in [9.17, 15) is 0 Å². The molecule has 0 aromatic carbocycles. The summed E-state index contributed by atoms with van der Waals surface area (Å²) in [6, 6.07) is 2.69. The Morgan fingerprint density at radius 3 is 0.962 bits per heavy atom. The molecule has 0 aliphatic carbocycles. The van der Waals surface area contributed by atoms with Gasteiger partial charge in [0.25, 0.3) is 0 Å². The molecule has 4 unspecified atom stereocenters. The second-order valence-corrected chi connectivity index (χ2v) is 7.34. The zero-order chi connectivity index (χ0) is 17.4. The number of hydrogen-bond donors (Lipinski definition) is 0. The van der Waals surface area contributed by atoms with Gasteiger partial charge in [0.15, 0.2) is 0 Å². The normalized spacial score (nSPS) is 28.8. The van der Waals surface area contributed by atoms with E-state index in [1.165, 1.54) is 25.7 Å². The molecule has 2 aliphatic heterocycles. The number of rotatable bonds is 11. The predicted molar refractivity (Wildman–Crippen MR) is 121 cm³/mol. The molecular formula is C22H38Cl2N2. The third-order valence-corrected chi connectivity index (χ3v) is 5.91. The smallest absolute Gasteiger partial charge is 0.0134 e. The molecule has 0 N–H and O–H groups in total. The van der Waals surface area contributed by atoms with Gasteiger partial charge in [0.05, 0.1) is 0 Å². The van der Waals surface area contributed by atoms with Crippen LogP contribution < -0.4 is 0 Å². The van der Waals surface area contributed by atoms with E-state index in [0.717, 1.165) is 38.8 Å². The largest absolute Gasteiger partial charge is 0.296 e. The summed E-state index contributed by atoms with van der Waals surface area (Å²) in [5.74, 6) is 0. The number of nitrogens with zero attached hydrogens (tertiary/aromatic N) is 2. The monoisotopic (exact) mass is 400 g/mol. The van der Waals surface area contributed by atoms with E-state index in [4.69, 9.17) is 0 Å². The van der Waals surface area contributed by atoms with Crippen molar-refractivity contribution in [2.75, 3.05) is 13.1 Å². The maximum Gasteiger partial charge on any atom is 0.0134 e. The van der Waals surface area contributed by atoms with Gasteiger partial charge in [-0.05, 0) is 51.4 Å². The first-order valence-corrected chi connectivity index (χ1v) is 9.70. The van der Waals surface area contributed by atoms with Crippen LogP contribution in [0.1, 0.15) is 51.4 Å². The average Bonchev–Trinajstić information content (AvgIpc) is 3.12. The van der Waals surface area contributed by atoms with Crippen molar-refractivity contribution < 1.29 is 0 Å². The summed E-state index contributed by atoms with van der Waals surface area (Å²) in [4.78, 5) is 5.47. The number of halogens is 2. The van der Waals surface area contributed by atoms with Crippen molar-refractivity contribution in [3.8, 4) is 0 Å². The fraction of sp³-hybridized carbons (Fsp3) is 0.636. The summed E-state index contributed by atoms with van der Waals surface area (Å²) in [6.07, 6.45) is 18.0. The summed E-state index contributed by atoms with van der Waals surface area (Å²) in [5.41, 5.74) is 0. The van der Waals surface area contributed by atoms with E-state index in [2.05, 4.69) is 60.4 Å². The lowest BCUT2D eigenvalue weighted by Gasteiger charge is -2.35. The molecule has 2 nitrogen and oxygen atoms in total. The summed E-state index contributed by atoms with van der Waals surface area (Å²) < 4.78 is 0. The molecular weight excluding hydrogens is 363 g/mol. The van der Waals surface area contributed by atoms with Crippen molar-refractivity contribution in [3.63, 3.8) is 0 Å². The molecule has 2 aliphatic rings. The highest BCUT2D eigenvalue weighted by Gasteiger charge is 2.35. The first kappa shape index (κ1) is 25.5. The molecule has 2 heterocycles. The van der Waals surface area contributed by atoms with Crippen molar-refractivity contribution >= 4 is 24.8 Å². The van der Waals surface area contributed by atoms with E-state index in [1.807, 2.05) is 0 Å². The second-order valence-electron chi connectivity index (χ2n) is 7.34. The van der Waals surface area contributed by atoms with Crippen LogP contribution in [0.3, 0.4) is 0 Å². The van der Waals surface area contributed by atoms with Crippen LogP contribution in [0.2, 0.25) is 0 Å². The van der Waals surface area contributed by atoms with Gasteiger partial charge in [-0.15, -0.1) is 51.1 Å². The van der Waals surface area contributed by atoms with Crippen molar-refractivity contribution in [2.45, 2.75) is 75.5 Å². The Balaban J connectivity index is 0.00000312. The highest BCUT2D eigenvalue weighted by molar-refractivity contribution is 5.85. The Bertz CT molecular complexity index is 362. The number of likely N-dealkylation sites (tertiary alicyclic amines) is 2. The van der Waals surface area contributed by atoms with Gasteiger partial charge in [-0.3, -0.25) is 9.80 Å². The van der Waals surface area contributed by atoms with Crippen LogP contribution >= 0.6 is 24.8 Å². The molecule has 2 rings (SSSR count). The van der Waals surface area contributed by atoms with Crippen LogP contribution in [0.15, 0.2) is 50.6 Å². The van der Waals surface area contributed by atoms with Crippen LogP contribution in [0.5, 0.6) is 0 Å². The molecule has 150 valence electrons. The molecule has 26 heavy (non-hydrogen) atoms. The SMILES string of the molecule is C=CCC1CCC(CC=C)N1CCN1C(CC=C)CCC1CC=C.Cl.Cl. The molecule has 0 saturated carbocycles. The van der Waals surface area contributed by atoms with Crippen molar-refractivity contribution in [2.24, 2.45) is 0 Å². The Kier molecular flexibility index (Phi) is 13.3. The van der Waals surface area contributed by atoms with E-state index in [-0.39, 0.29) is 24.8 Å². The lowest BCUT2D eigenvalue weighted by Crippen LogP contribution is -2.45. The standard InChI is InChI=1S/C22H36N2.2ClH/c1-5-9-19-13-14-20(10-6-2)23(19)17-18-24-21(11-7-3)15-16-22(24)12-8-4;;/h5-8,19-22H,1-4,9-18H2;2*1H. The molecule has 0 amide bonds. The molecule has 0 radical (unpaired) electrons. The van der Waals surface area contributed by atoms with Crippen LogP contribution in [0.4, 0.5) is 0 Å². The van der Waals surface area contributed by atoms with Gasteiger partial charge in [0, 0.05) is 37.3 Å². The van der Waals surface area contributed by atoms with Gasteiger partial charge in [-0.1, -0.05) is 24.3 Å². The second kappa shape index (κ2) is 13.6. The zero-order valence-corrected chi connectivity index (χ0v) is 17.9. The van der Waals surface area contributed by atoms with E-state index < -0.39 is 0 Å². The first-order valence-electron chi connectivity index (χ1n) is 9.70. The zero-order valence-electron chi connectivity index (χ0n) is 16.2. The maximum atomic E-state index is 3.96. The van der Waals surface area contributed by atoms with Gasteiger partial charge >= 0.3 is 0 Å². The van der Waals surface area contributed by atoms with Crippen LogP contribution in [0.25, 0.3) is 0 Å². The minimum atomic E-state index is 0. The third kappa shape index (κ3) is 6.56. The minimum Gasteiger partial charge on any atom is -0.296 e. The molecule has 2 fully saturated rings. The topological polar surface area (TPSA) is 6.48 Å². The summed E-state index contributed by atoms with van der Waals surface area (Å²) >= 11 is 0. The Hall–Kier alpha value is -0.540. The molecule has 2 saturated heterocycles. The summed E-state index contributed by atoms with van der Waals surface area (Å²) in [5, 5.41) is 0. The predicted octanol–water partition coefficient (Wildman–Crippen LogP) is 5.80.